The minimum atomic E-state index is -0.250. The molecule has 1 saturated carbocycles. The van der Waals surface area contributed by atoms with Crippen molar-refractivity contribution in [1.29, 1.82) is 0 Å². The van der Waals surface area contributed by atoms with Gasteiger partial charge < -0.3 is 20.3 Å². The molecule has 3 N–H and O–H groups in total. The van der Waals surface area contributed by atoms with Crippen molar-refractivity contribution in [2.45, 2.75) is 56.5 Å². The summed E-state index contributed by atoms with van der Waals surface area (Å²) in [7, 11) is 0. The third-order valence-electron chi connectivity index (χ3n) is 4.82. The summed E-state index contributed by atoms with van der Waals surface area (Å²) in [5.74, 6) is 1.52. The van der Waals surface area contributed by atoms with Gasteiger partial charge in [0.1, 0.15) is 0 Å². The van der Waals surface area contributed by atoms with Crippen LogP contribution < -0.4 is 10.6 Å². The Morgan fingerprint density at radius 1 is 1.23 bits per heavy atom. The van der Waals surface area contributed by atoms with E-state index in [-0.39, 0.29) is 36.8 Å². The van der Waals surface area contributed by atoms with Gasteiger partial charge in [-0.15, -0.1) is 11.8 Å². The van der Waals surface area contributed by atoms with Gasteiger partial charge in [-0.2, -0.15) is 4.98 Å². The second kappa shape index (κ2) is 13.4. The van der Waals surface area contributed by atoms with Crippen molar-refractivity contribution in [2.75, 3.05) is 5.75 Å². The lowest BCUT2D eigenvalue weighted by Crippen LogP contribution is -2.41. The average molecular weight is 449 g/mol. The quantitative estimate of drug-likeness (QED) is 0.414. The Labute approximate surface area is 185 Å². The van der Waals surface area contributed by atoms with Crippen LogP contribution >= 0.6 is 11.8 Å². The number of aromatic nitrogens is 2. The van der Waals surface area contributed by atoms with Gasteiger partial charge in [0.25, 0.3) is 6.47 Å². The van der Waals surface area contributed by atoms with Crippen LogP contribution in [0.5, 0.6) is 0 Å². The van der Waals surface area contributed by atoms with Gasteiger partial charge in [-0.3, -0.25) is 14.4 Å². The molecular weight excluding hydrogens is 420 g/mol. The molecule has 1 fully saturated rings. The molecule has 1 aromatic carbocycles. The molecule has 0 atom stereocenters. The van der Waals surface area contributed by atoms with E-state index in [0.29, 0.717) is 23.9 Å². The molecule has 9 nitrogen and oxygen atoms in total. The van der Waals surface area contributed by atoms with Crippen LogP contribution in [-0.4, -0.2) is 45.3 Å². The molecule has 3 rings (SSSR count). The summed E-state index contributed by atoms with van der Waals surface area (Å²) in [4.78, 5) is 38.1. The number of carbonyl (C=O) groups is 3. The van der Waals surface area contributed by atoms with E-state index < -0.39 is 0 Å². The average Bonchev–Trinajstić information content (AvgIpc) is 3.26. The molecule has 0 radical (unpaired) electrons. The molecule has 1 heterocycles. The highest BCUT2D eigenvalue weighted by molar-refractivity contribution is 8.00. The monoisotopic (exact) mass is 448 g/mol. The molecule has 2 aromatic rings. The number of hydrogen-bond acceptors (Lipinski definition) is 7. The van der Waals surface area contributed by atoms with E-state index in [4.69, 9.17) is 14.4 Å². The topological polar surface area (TPSA) is 134 Å². The van der Waals surface area contributed by atoms with Crippen LogP contribution in [0.3, 0.4) is 0 Å². The first kappa shape index (κ1) is 24.4. The summed E-state index contributed by atoms with van der Waals surface area (Å²) < 4.78 is 5.08. The number of benzene rings is 1. The number of nitrogens with one attached hydrogen (secondary N) is 2. The Morgan fingerprint density at radius 2 is 1.90 bits per heavy atom. The summed E-state index contributed by atoms with van der Waals surface area (Å²) in [5.41, 5.74) is 0. The molecule has 31 heavy (non-hydrogen) atoms. The standard InChI is InChI=1S/C20H26N4O3S.CH2O2/c1-2-17-23-19(27-24-17)12-21-20(26)14-8-10-15(11-9-14)22-18(25)13-28-16-6-4-3-5-7-16;2-1-3/h3-7,14-15H,2,8-13H2,1H3,(H,21,26)(H,22,25);1H,(H,2,3). The summed E-state index contributed by atoms with van der Waals surface area (Å²) >= 11 is 1.53. The van der Waals surface area contributed by atoms with Gasteiger partial charge in [0.2, 0.25) is 17.7 Å². The van der Waals surface area contributed by atoms with E-state index >= 15 is 0 Å². The van der Waals surface area contributed by atoms with Crippen LogP contribution in [0.2, 0.25) is 0 Å². The number of amides is 2. The number of carboxylic acid groups (broad SMARTS) is 1. The number of rotatable bonds is 8. The van der Waals surface area contributed by atoms with Crippen LogP contribution in [0.4, 0.5) is 0 Å². The maximum absolute atomic E-state index is 12.3. The zero-order chi connectivity index (χ0) is 22.5. The highest BCUT2D eigenvalue weighted by Crippen LogP contribution is 2.25. The molecule has 10 heteroatoms. The fraction of sp³-hybridized carbons (Fsp3) is 0.476. The third kappa shape index (κ3) is 8.79. The van der Waals surface area contributed by atoms with Crippen molar-refractivity contribution < 1.29 is 24.0 Å². The Balaban J connectivity index is 0.00000107. The molecule has 2 amide bonds. The molecular formula is C21H28N4O5S. The number of thioether (sulfide) groups is 1. The molecule has 0 bridgehead atoms. The lowest BCUT2D eigenvalue weighted by atomic mass is 9.85. The summed E-state index contributed by atoms with van der Waals surface area (Å²) in [5, 5.41) is 16.7. The van der Waals surface area contributed by atoms with E-state index in [1.54, 1.807) is 0 Å². The number of aryl methyl sites for hydroxylation is 1. The maximum atomic E-state index is 12.3. The lowest BCUT2D eigenvalue weighted by molar-refractivity contribution is -0.126. The fourth-order valence-electron chi connectivity index (χ4n) is 3.25. The highest BCUT2D eigenvalue weighted by atomic mass is 32.2. The van der Waals surface area contributed by atoms with Gasteiger partial charge in [-0.25, -0.2) is 0 Å². The van der Waals surface area contributed by atoms with E-state index in [2.05, 4.69) is 20.8 Å². The smallest absolute Gasteiger partial charge is 0.290 e. The van der Waals surface area contributed by atoms with Crippen molar-refractivity contribution in [3.05, 3.63) is 42.0 Å². The third-order valence-corrected chi connectivity index (χ3v) is 5.83. The van der Waals surface area contributed by atoms with Gasteiger partial charge in [0.15, 0.2) is 5.82 Å². The second-order valence-corrected chi connectivity index (χ2v) is 8.05. The number of nitrogens with zero attached hydrogens (tertiary/aromatic N) is 2. The van der Waals surface area contributed by atoms with Crippen molar-refractivity contribution >= 4 is 30.0 Å². The Bertz CT molecular complexity index is 822. The van der Waals surface area contributed by atoms with Crippen LogP contribution in [0.25, 0.3) is 0 Å². The summed E-state index contributed by atoms with van der Waals surface area (Å²) in [6, 6.07) is 10.0. The van der Waals surface area contributed by atoms with Crippen LogP contribution in [0, 0.1) is 5.92 Å². The number of hydrogen-bond donors (Lipinski definition) is 3. The van der Waals surface area contributed by atoms with Gasteiger partial charge in [0.05, 0.1) is 12.3 Å². The minimum Gasteiger partial charge on any atom is -0.483 e. The lowest BCUT2D eigenvalue weighted by Gasteiger charge is -2.28. The van der Waals surface area contributed by atoms with Crippen molar-refractivity contribution in [1.82, 2.24) is 20.8 Å². The van der Waals surface area contributed by atoms with Crippen LogP contribution in [-0.2, 0) is 27.3 Å². The predicted octanol–water partition coefficient (Wildman–Crippen LogP) is 2.42. The van der Waals surface area contributed by atoms with Gasteiger partial charge >= 0.3 is 0 Å². The fourth-order valence-corrected chi connectivity index (χ4v) is 3.98. The second-order valence-electron chi connectivity index (χ2n) is 7.00. The predicted molar refractivity (Wildman–Crippen MR) is 115 cm³/mol. The van der Waals surface area contributed by atoms with E-state index in [0.717, 1.165) is 30.6 Å². The highest BCUT2D eigenvalue weighted by Gasteiger charge is 2.27. The van der Waals surface area contributed by atoms with E-state index in [9.17, 15) is 9.59 Å². The molecule has 1 aliphatic carbocycles. The van der Waals surface area contributed by atoms with Crippen molar-refractivity contribution in [3.63, 3.8) is 0 Å². The normalized spacial score (nSPS) is 17.7. The molecule has 168 valence electrons. The molecule has 0 unspecified atom stereocenters. The zero-order valence-corrected chi connectivity index (χ0v) is 18.3. The number of carbonyl (C=O) groups excluding carboxylic acids is 2. The van der Waals surface area contributed by atoms with Crippen molar-refractivity contribution in [2.24, 2.45) is 5.92 Å². The molecule has 0 saturated heterocycles. The van der Waals surface area contributed by atoms with Crippen LogP contribution in [0.1, 0.15) is 44.3 Å². The molecule has 0 spiro atoms. The summed E-state index contributed by atoms with van der Waals surface area (Å²) in [6.45, 7) is 1.96. The molecule has 1 aliphatic rings. The SMILES string of the molecule is CCc1noc(CNC(=O)C2CCC(NC(=O)CSc3ccccc3)CC2)n1.O=CO. The zero-order valence-electron chi connectivity index (χ0n) is 17.5. The van der Waals surface area contributed by atoms with Gasteiger partial charge in [-0.1, -0.05) is 30.3 Å². The van der Waals surface area contributed by atoms with Gasteiger partial charge in [0, 0.05) is 23.3 Å². The Hall–Kier alpha value is -2.88. The minimum absolute atomic E-state index is 0.0145. The molecule has 0 aliphatic heterocycles. The Kier molecular flexibility index (Phi) is 10.6. The summed E-state index contributed by atoms with van der Waals surface area (Å²) in [6.07, 6.45) is 3.89. The maximum Gasteiger partial charge on any atom is 0.290 e. The van der Waals surface area contributed by atoms with E-state index in [1.165, 1.54) is 11.8 Å². The first-order valence-corrected chi connectivity index (χ1v) is 11.2. The molecule has 1 aromatic heterocycles. The first-order chi connectivity index (χ1) is 15.0. The van der Waals surface area contributed by atoms with Crippen molar-refractivity contribution in [3.8, 4) is 0 Å². The van der Waals surface area contributed by atoms with E-state index in [1.807, 2.05) is 37.3 Å². The largest absolute Gasteiger partial charge is 0.483 e. The van der Waals surface area contributed by atoms with Gasteiger partial charge in [-0.05, 0) is 37.8 Å². The Morgan fingerprint density at radius 3 is 2.52 bits per heavy atom. The first-order valence-electron chi connectivity index (χ1n) is 10.2. The van der Waals surface area contributed by atoms with Crippen LogP contribution in [0.15, 0.2) is 39.8 Å².